The van der Waals surface area contributed by atoms with E-state index in [9.17, 15) is 22.8 Å². The highest BCUT2D eigenvalue weighted by Crippen LogP contribution is 2.37. The molecular formula is C35H42N6O9S. The summed E-state index contributed by atoms with van der Waals surface area (Å²) in [5.74, 6) is -1.76. The van der Waals surface area contributed by atoms with Gasteiger partial charge in [-0.25, -0.2) is 28.1 Å². The van der Waals surface area contributed by atoms with Crippen molar-refractivity contribution in [3.05, 3.63) is 83.9 Å². The van der Waals surface area contributed by atoms with Crippen molar-refractivity contribution in [1.29, 1.82) is 0 Å². The highest BCUT2D eigenvalue weighted by Gasteiger charge is 2.51. The average Bonchev–Trinajstić information content (AvgIpc) is 3.63. The van der Waals surface area contributed by atoms with Gasteiger partial charge in [-0.1, -0.05) is 74.5 Å². The Hall–Kier alpha value is -4.93. The zero-order valence-corrected chi connectivity index (χ0v) is 29.8. The molecule has 0 aliphatic carbocycles. The number of rotatable bonds is 15. The number of anilines is 1. The number of nitrogens with zero attached hydrogens (tertiary/aromatic N) is 4. The molecule has 3 heterocycles. The van der Waals surface area contributed by atoms with Gasteiger partial charge in [0.1, 0.15) is 18.5 Å². The van der Waals surface area contributed by atoms with Crippen LogP contribution in [0.2, 0.25) is 0 Å². The fourth-order valence-electron chi connectivity index (χ4n) is 5.94. The molecule has 0 bridgehead atoms. The first-order chi connectivity index (χ1) is 24.3. The topological polar surface area (TPSA) is 190 Å². The van der Waals surface area contributed by atoms with Crippen LogP contribution in [-0.4, -0.2) is 83.1 Å². The number of fused-ring (bicyclic) bond motifs is 1. The molecule has 0 radical (unpaired) electrons. The summed E-state index contributed by atoms with van der Waals surface area (Å²) in [6, 6.07) is 19.9. The summed E-state index contributed by atoms with van der Waals surface area (Å²) >= 11 is 0. The first kappa shape index (κ1) is 37.3. The number of hydrogen-bond donors (Lipinski definition) is 2. The van der Waals surface area contributed by atoms with Crippen molar-refractivity contribution in [2.24, 2.45) is 5.92 Å². The molecule has 16 heteroatoms. The minimum atomic E-state index is -3.66. The molecule has 1 fully saturated rings. The molecule has 51 heavy (non-hydrogen) atoms. The van der Waals surface area contributed by atoms with E-state index in [2.05, 4.69) is 25.0 Å². The van der Waals surface area contributed by atoms with E-state index >= 15 is 0 Å². The van der Waals surface area contributed by atoms with Crippen molar-refractivity contribution >= 4 is 44.9 Å². The Labute approximate surface area is 296 Å². The normalized spacial score (nSPS) is 19.0. The fourth-order valence-corrected chi connectivity index (χ4v) is 7.28. The third-order valence-electron chi connectivity index (χ3n) is 7.96. The van der Waals surface area contributed by atoms with Crippen LogP contribution in [0.15, 0.2) is 67.0 Å². The largest absolute Gasteiger partial charge is 0.463 e. The van der Waals surface area contributed by atoms with Crippen LogP contribution in [0.25, 0.3) is 11.2 Å². The number of benzene rings is 2. The maximum Gasteiger partial charge on any atom is 0.303 e. The number of esters is 3. The highest BCUT2D eigenvalue weighted by atomic mass is 32.2. The van der Waals surface area contributed by atoms with Gasteiger partial charge >= 0.3 is 17.9 Å². The Bertz CT molecular complexity index is 1900. The van der Waals surface area contributed by atoms with Crippen LogP contribution in [0, 0.1) is 5.92 Å². The van der Waals surface area contributed by atoms with Gasteiger partial charge in [0.05, 0.1) is 18.6 Å². The van der Waals surface area contributed by atoms with E-state index in [1.54, 1.807) is 13.8 Å². The molecular weight excluding hydrogens is 680 g/mol. The SMILES string of the molecule is CC(=O)OC[C@H]1O[C@@H](n2cnc3c(NCC(c4ccccc4)c4ccccc4)nc(CNS(=O)(=O)CC(C)C)nc32)[C@H](OC(C)=O)[C@@H]1OC(C)=O. The highest BCUT2D eigenvalue weighted by molar-refractivity contribution is 7.89. The quantitative estimate of drug-likeness (QED) is 0.134. The van der Waals surface area contributed by atoms with E-state index in [1.165, 1.54) is 31.7 Å². The van der Waals surface area contributed by atoms with Crippen LogP contribution < -0.4 is 10.0 Å². The summed E-state index contributed by atoms with van der Waals surface area (Å²) < 4.78 is 52.2. The summed E-state index contributed by atoms with van der Waals surface area (Å²) in [7, 11) is -3.66. The van der Waals surface area contributed by atoms with E-state index in [1.807, 2.05) is 60.7 Å². The van der Waals surface area contributed by atoms with Crippen molar-refractivity contribution in [2.45, 2.75) is 71.6 Å². The Morgan fingerprint density at radius 2 is 1.49 bits per heavy atom. The summed E-state index contributed by atoms with van der Waals surface area (Å²) in [6.45, 7) is 7.10. The van der Waals surface area contributed by atoms with E-state index < -0.39 is 52.5 Å². The Balaban J connectivity index is 1.57. The molecule has 4 atom stereocenters. The zero-order chi connectivity index (χ0) is 36.7. The molecule has 1 aliphatic heterocycles. The van der Waals surface area contributed by atoms with Gasteiger partial charge in [-0.15, -0.1) is 0 Å². The third kappa shape index (κ3) is 9.65. The molecule has 1 aliphatic rings. The summed E-state index contributed by atoms with van der Waals surface area (Å²) in [6.07, 6.45) is -3.07. The Kier molecular flexibility index (Phi) is 12.0. The van der Waals surface area contributed by atoms with Gasteiger partial charge in [0.25, 0.3) is 0 Å². The molecule has 0 spiro atoms. The molecule has 0 amide bonds. The molecule has 2 N–H and O–H groups in total. The van der Waals surface area contributed by atoms with Crippen LogP contribution >= 0.6 is 0 Å². The predicted molar refractivity (Wildman–Crippen MR) is 186 cm³/mol. The van der Waals surface area contributed by atoms with Crippen LogP contribution in [0.3, 0.4) is 0 Å². The summed E-state index contributed by atoms with van der Waals surface area (Å²) in [5, 5.41) is 3.42. The second-order valence-corrected chi connectivity index (χ2v) is 14.4. The lowest BCUT2D eigenvalue weighted by atomic mass is 9.91. The third-order valence-corrected chi connectivity index (χ3v) is 9.65. The van der Waals surface area contributed by atoms with E-state index in [4.69, 9.17) is 18.9 Å². The van der Waals surface area contributed by atoms with Gasteiger partial charge in [-0.05, 0) is 17.0 Å². The molecule has 4 aromatic rings. The molecule has 15 nitrogen and oxygen atoms in total. The van der Waals surface area contributed by atoms with Gasteiger partial charge in [0, 0.05) is 33.2 Å². The van der Waals surface area contributed by atoms with Crippen molar-refractivity contribution in [2.75, 3.05) is 24.2 Å². The van der Waals surface area contributed by atoms with Crippen molar-refractivity contribution in [3.63, 3.8) is 0 Å². The summed E-state index contributed by atoms with van der Waals surface area (Å²) in [5.41, 5.74) is 2.67. The second-order valence-electron chi connectivity index (χ2n) is 12.6. The molecule has 2 aromatic heterocycles. The number of sulfonamides is 1. The van der Waals surface area contributed by atoms with Gasteiger partial charge in [0.15, 0.2) is 35.4 Å². The Morgan fingerprint density at radius 1 is 0.882 bits per heavy atom. The van der Waals surface area contributed by atoms with Crippen LogP contribution in [-0.2, 0) is 49.9 Å². The number of carbonyl (C=O) groups excluding carboxylic acids is 3. The molecule has 5 rings (SSSR count). The molecule has 1 saturated heterocycles. The fraction of sp³-hybridized carbons (Fsp3) is 0.429. The maximum atomic E-state index is 12.8. The lowest BCUT2D eigenvalue weighted by Crippen LogP contribution is -2.40. The summed E-state index contributed by atoms with van der Waals surface area (Å²) in [4.78, 5) is 50.1. The molecule has 272 valence electrons. The maximum absolute atomic E-state index is 12.8. The first-order valence-electron chi connectivity index (χ1n) is 16.5. The lowest BCUT2D eigenvalue weighted by Gasteiger charge is -2.24. The van der Waals surface area contributed by atoms with Gasteiger partial charge < -0.3 is 24.3 Å². The number of ether oxygens (including phenoxy) is 4. The number of imidazole rings is 1. The zero-order valence-electron chi connectivity index (χ0n) is 29.0. The minimum Gasteiger partial charge on any atom is -0.463 e. The van der Waals surface area contributed by atoms with Crippen LogP contribution in [0.4, 0.5) is 5.82 Å². The van der Waals surface area contributed by atoms with E-state index in [0.717, 1.165) is 11.1 Å². The van der Waals surface area contributed by atoms with E-state index in [-0.39, 0.29) is 42.2 Å². The van der Waals surface area contributed by atoms with Crippen molar-refractivity contribution in [1.82, 2.24) is 24.2 Å². The number of nitrogens with one attached hydrogen (secondary N) is 2. The number of hydrogen-bond acceptors (Lipinski definition) is 13. The van der Waals surface area contributed by atoms with Crippen molar-refractivity contribution < 1.29 is 41.7 Å². The Morgan fingerprint density at radius 3 is 2.06 bits per heavy atom. The predicted octanol–water partition coefficient (Wildman–Crippen LogP) is 3.47. The second kappa shape index (κ2) is 16.4. The van der Waals surface area contributed by atoms with E-state index in [0.29, 0.717) is 17.9 Å². The monoisotopic (exact) mass is 722 g/mol. The first-order valence-corrected chi connectivity index (χ1v) is 18.1. The number of aromatic nitrogens is 4. The van der Waals surface area contributed by atoms with Gasteiger partial charge in [-0.2, -0.15) is 0 Å². The smallest absolute Gasteiger partial charge is 0.303 e. The standard InChI is InChI=1S/C35H42N6O9S/c1-21(2)19-51(45,46)38-17-29-39-33(36-16-27(25-12-8-6-9-13-25)26-14-10-7-11-15-26)30-34(40-29)41(20-37-30)35-32(49-24(5)44)31(48-23(4)43)28(50-35)18-47-22(3)42/h6-15,20-21,27-28,31-32,35,38H,16-19H2,1-5H3,(H,36,39,40)/t28-,31-,32-,35-/m1/s1. The van der Waals surface area contributed by atoms with Crippen LogP contribution in [0.1, 0.15) is 63.7 Å². The van der Waals surface area contributed by atoms with Crippen molar-refractivity contribution in [3.8, 4) is 0 Å². The molecule has 0 unspecified atom stereocenters. The van der Waals surface area contributed by atoms with Crippen LogP contribution in [0.5, 0.6) is 0 Å². The van der Waals surface area contributed by atoms with Gasteiger partial charge in [0.2, 0.25) is 10.0 Å². The molecule has 0 saturated carbocycles. The average molecular weight is 723 g/mol. The minimum absolute atomic E-state index is 0.0879. The van der Waals surface area contributed by atoms with Gasteiger partial charge in [-0.3, -0.25) is 19.0 Å². The molecule has 2 aromatic carbocycles. The number of carbonyl (C=O) groups is 3. The lowest BCUT2D eigenvalue weighted by molar-refractivity contribution is -0.166.